The zero-order valence-electron chi connectivity index (χ0n) is 10.6. The van der Waals surface area contributed by atoms with Crippen LogP contribution >= 0.6 is 11.6 Å². The molecule has 2 heteroatoms. The molecule has 0 aliphatic carbocycles. The number of fused-ring (bicyclic) bond motifs is 1. The van der Waals surface area contributed by atoms with E-state index in [2.05, 4.69) is 55.5 Å². The molecule has 0 radical (unpaired) electrons. The van der Waals surface area contributed by atoms with Gasteiger partial charge in [0.05, 0.1) is 0 Å². The van der Waals surface area contributed by atoms with Gasteiger partial charge in [-0.2, -0.15) is 0 Å². The van der Waals surface area contributed by atoms with E-state index in [-0.39, 0.29) is 15.0 Å². The standard InChI is InChI=1S/C17H13ClSe/c1-12-8-10-14(11-9-12)19-16-7-3-5-13-4-2-6-15(18)17(13)16/h2-11H,1H3. The molecule has 0 saturated heterocycles. The monoisotopic (exact) mass is 332 g/mol. The fraction of sp³-hybridized carbons (Fsp3) is 0.0588. The molecule has 0 spiro atoms. The zero-order valence-corrected chi connectivity index (χ0v) is 13.0. The third kappa shape index (κ3) is 2.69. The Kier molecular flexibility index (Phi) is 3.61. The molecule has 3 aromatic carbocycles. The SMILES string of the molecule is Cc1ccc([Se]c2cccc3cccc(Cl)c23)cc1. The van der Waals surface area contributed by atoms with Crippen LogP contribution in [-0.4, -0.2) is 15.0 Å². The van der Waals surface area contributed by atoms with Gasteiger partial charge < -0.3 is 0 Å². The zero-order chi connectivity index (χ0) is 13.2. The van der Waals surface area contributed by atoms with Gasteiger partial charge in [0, 0.05) is 0 Å². The average molecular weight is 332 g/mol. The third-order valence-electron chi connectivity index (χ3n) is 3.06. The molecule has 0 aliphatic rings. The summed E-state index contributed by atoms with van der Waals surface area (Å²) >= 11 is 6.65. The van der Waals surface area contributed by atoms with Gasteiger partial charge in [0.15, 0.2) is 0 Å². The summed E-state index contributed by atoms with van der Waals surface area (Å²) in [6.45, 7) is 2.12. The molecule has 0 amide bonds. The summed E-state index contributed by atoms with van der Waals surface area (Å²) in [5.74, 6) is 0. The normalized spacial score (nSPS) is 10.8. The quantitative estimate of drug-likeness (QED) is 0.631. The van der Waals surface area contributed by atoms with E-state index in [0.29, 0.717) is 0 Å². The van der Waals surface area contributed by atoms with E-state index in [1.165, 1.54) is 25.3 Å². The van der Waals surface area contributed by atoms with Gasteiger partial charge in [0.25, 0.3) is 0 Å². The first-order chi connectivity index (χ1) is 9.24. The van der Waals surface area contributed by atoms with Gasteiger partial charge in [-0.1, -0.05) is 0 Å². The second kappa shape index (κ2) is 5.38. The molecule has 0 heterocycles. The van der Waals surface area contributed by atoms with Crippen molar-refractivity contribution in [2.45, 2.75) is 6.92 Å². The fourth-order valence-electron chi connectivity index (χ4n) is 2.08. The molecule has 94 valence electrons. The van der Waals surface area contributed by atoms with Crippen molar-refractivity contribution in [2.75, 3.05) is 0 Å². The second-order valence-electron chi connectivity index (χ2n) is 4.51. The van der Waals surface area contributed by atoms with E-state index in [1.807, 2.05) is 12.1 Å². The van der Waals surface area contributed by atoms with Gasteiger partial charge in [-0.15, -0.1) is 0 Å². The van der Waals surface area contributed by atoms with E-state index in [1.54, 1.807) is 0 Å². The Bertz CT molecular complexity index is 712. The number of halogens is 1. The van der Waals surface area contributed by atoms with Crippen molar-refractivity contribution in [3.8, 4) is 0 Å². The Balaban J connectivity index is 2.08. The van der Waals surface area contributed by atoms with Crippen molar-refractivity contribution in [1.29, 1.82) is 0 Å². The molecule has 3 rings (SSSR count). The molecule has 0 unspecified atom stereocenters. The molecule has 0 aliphatic heterocycles. The maximum absolute atomic E-state index is 6.36. The maximum atomic E-state index is 6.36. The average Bonchev–Trinajstić information content (AvgIpc) is 2.42. The van der Waals surface area contributed by atoms with Crippen LogP contribution in [0.4, 0.5) is 0 Å². The molecule has 0 nitrogen and oxygen atoms in total. The van der Waals surface area contributed by atoms with Crippen LogP contribution in [-0.2, 0) is 0 Å². The molecule has 0 N–H and O–H groups in total. The van der Waals surface area contributed by atoms with Crippen LogP contribution in [0.25, 0.3) is 10.8 Å². The molecule has 0 bridgehead atoms. The molecule has 0 aromatic heterocycles. The van der Waals surface area contributed by atoms with Gasteiger partial charge in [0.1, 0.15) is 0 Å². The minimum atomic E-state index is 0.290. The van der Waals surface area contributed by atoms with Gasteiger partial charge in [0.2, 0.25) is 0 Å². The predicted molar refractivity (Wildman–Crippen MR) is 85.2 cm³/mol. The van der Waals surface area contributed by atoms with Crippen LogP contribution in [0.2, 0.25) is 5.02 Å². The van der Waals surface area contributed by atoms with E-state index >= 15 is 0 Å². The summed E-state index contributed by atoms with van der Waals surface area (Å²) < 4.78 is 2.73. The summed E-state index contributed by atoms with van der Waals surface area (Å²) in [6, 6.07) is 21.3. The van der Waals surface area contributed by atoms with Crippen molar-refractivity contribution >= 4 is 46.3 Å². The first-order valence-electron chi connectivity index (χ1n) is 6.16. The van der Waals surface area contributed by atoms with Crippen molar-refractivity contribution in [3.05, 3.63) is 71.2 Å². The fourth-order valence-corrected chi connectivity index (χ4v) is 4.59. The van der Waals surface area contributed by atoms with Gasteiger partial charge in [-0.25, -0.2) is 0 Å². The molecule has 3 aromatic rings. The minimum absolute atomic E-state index is 0.290. The molecular formula is C17H13ClSe. The van der Waals surface area contributed by atoms with Crippen LogP contribution in [0, 0.1) is 6.92 Å². The molecule has 0 atom stereocenters. The molecular weight excluding hydrogens is 319 g/mol. The van der Waals surface area contributed by atoms with Crippen molar-refractivity contribution in [3.63, 3.8) is 0 Å². The second-order valence-corrected chi connectivity index (χ2v) is 7.26. The van der Waals surface area contributed by atoms with E-state index in [0.717, 1.165) is 5.02 Å². The van der Waals surface area contributed by atoms with Gasteiger partial charge in [-0.05, 0) is 0 Å². The Labute approximate surface area is 124 Å². The number of benzene rings is 3. The van der Waals surface area contributed by atoms with Crippen LogP contribution in [0.1, 0.15) is 5.56 Å². The van der Waals surface area contributed by atoms with Crippen LogP contribution in [0.15, 0.2) is 60.7 Å². The topological polar surface area (TPSA) is 0 Å². The van der Waals surface area contributed by atoms with Crippen LogP contribution in [0.3, 0.4) is 0 Å². The first kappa shape index (κ1) is 12.7. The Hall–Kier alpha value is -1.27. The number of aryl methyl sites for hydroxylation is 1. The number of rotatable bonds is 2. The molecule has 0 saturated carbocycles. The first-order valence-corrected chi connectivity index (χ1v) is 8.25. The molecule has 0 fully saturated rings. The summed E-state index contributed by atoms with van der Waals surface area (Å²) in [5, 5.41) is 3.27. The van der Waals surface area contributed by atoms with Crippen molar-refractivity contribution in [1.82, 2.24) is 0 Å². The van der Waals surface area contributed by atoms with Crippen molar-refractivity contribution in [2.24, 2.45) is 0 Å². The van der Waals surface area contributed by atoms with E-state index in [4.69, 9.17) is 11.6 Å². The van der Waals surface area contributed by atoms with E-state index in [9.17, 15) is 0 Å². The third-order valence-corrected chi connectivity index (χ3v) is 5.62. The van der Waals surface area contributed by atoms with Gasteiger partial charge >= 0.3 is 124 Å². The molecule has 19 heavy (non-hydrogen) atoms. The summed E-state index contributed by atoms with van der Waals surface area (Å²) in [7, 11) is 0. The predicted octanol–water partition coefficient (Wildman–Crippen LogP) is 3.46. The summed E-state index contributed by atoms with van der Waals surface area (Å²) in [4.78, 5) is 0. The summed E-state index contributed by atoms with van der Waals surface area (Å²) in [6.07, 6.45) is 0. The Morgan fingerprint density at radius 3 is 2.26 bits per heavy atom. The van der Waals surface area contributed by atoms with Crippen molar-refractivity contribution < 1.29 is 0 Å². The Morgan fingerprint density at radius 2 is 1.53 bits per heavy atom. The summed E-state index contributed by atoms with van der Waals surface area (Å²) in [5.41, 5.74) is 1.30. The Morgan fingerprint density at radius 1 is 0.842 bits per heavy atom. The number of hydrogen-bond acceptors (Lipinski definition) is 0. The van der Waals surface area contributed by atoms with Crippen LogP contribution in [0.5, 0.6) is 0 Å². The van der Waals surface area contributed by atoms with Crippen LogP contribution < -0.4 is 8.92 Å². The number of hydrogen-bond donors (Lipinski definition) is 0. The van der Waals surface area contributed by atoms with E-state index < -0.39 is 0 Å². The van der Waals surface area contributed by atoms with Gasteiger partial charge in [-0.3, -0.25) is 0 Å².